The van der Waals surface area contributed by atoms with Gasteiger partial charge in [0.25, 0.3) is 0 Å². The zero-order valence-corrected chi connectivity index (χ0v) is 14.3. The summed E-state index contributed by atoms with van der Waals surface area (Å²) in [4.78, 5) is 16.4. The molecule has 1 aromatic carbocycles. The van der Waals surface area contributed by atoms with E-state index in [2.05, 4.69) is 15.4 Å². The fourth-order valence-corrected chi connectivity index (χ4v) is 2.40. The number of anilines is 1. The van der Waals surface area contributed by atoms with Gasteiger partial charge >= 0.3 is 6.18 Å². The molecule has 9 heteroatoms. The number of hydrogen-bond donors (Lipinski definition) is 2. The van der Waals surface area contributed by atoms with E-state index in [1.54, 1.807) is 24.4 Å². The normalized spacial score (nSPS) is 11.9. The van der Waals surface area contributed by atoms with Crippen LogP contribution in [0.25, 0.3) is 11.4 Å². The summed E-state index contributed by atoms with van der Waals surface area (Å²) in [7, 11) is 0. The maximum Gasteiger partial charge on any atom is 0.416 e. The third kappa shape index (κ3) is 4.32. The fraction of sp³-hybridized carbons (Fsp3) is 0.0526. The number of pyridine rings is 1. The quantitative estimate of drug-likeness (QED) is 0.656. The number of halogens is 3. The molecule has 6 nitrogen and oxygen atoms in total. The molecule has 2 N–H and O–H groups in total. The molecule has 28 heavy (non-hydrogen) atoms. The van der Waals surface area contributed by atoms with Crippen molar-refractivity contribution in [2.75, 3.05) is 5.32 Å². The molecule has 3 aromatic rings. The summed E-state index contributed by atoms with van der Waals surface area (Å²) in [6.07, 6.45) is 0.611. The van der Waals surface area contributed by atoms with Crippen LogP contribution in [0.4, 0.5) is 19.0 Å². The lowest BCUT2D eigenvalue weighted by Gasteiger charge is -2.13. The topological polar surface area (TPSA) is 83.7 Å². The Bertz CT molecular complexity index is 1070. The molecule has 2 aromatic heterocycles. The second-order valence-electron chi connectivity index (χ2n) is 5.61. The highest BCUT2D eigenvalue weighted by atomic mass is 19.4. The maximum absolute atomic E-state index is 13.0. The first-order chi connectivity index (χ1) is 13.4. The smallest absolute Gasteiger partial charge is 0.338 e. The van der Waals surface area contributed by atoms with Gasteiger partial charge in [-0.15, -0.1) is 0 Å². The maximum atomic E-state index is 13.0. The molecule has 0 aliphatic heterocycles. The van der Waals surface area contributed by atoms with Gasteiger partial charge in [0.1, 0.15) is 5.82 Å². The van der Waals surface area contributed by atoms with Crippen LogP contribution in [-0.4, -0.2) is 21.0 Å². The Morgan fingerprint density at radius 1 is 1.14 bits per heavy atom. The van der Waals surface area contributed by atoms with E-state index in [9.17, 15) is 18.0 Å². The van der Waals surface area contributed by atoms with E-state index in [4.69, 9.17) is 5.41 Å². The molecular formula is C19H14F3N5O. The summed E-state index contributed by atoms with van der Waals surface area (Å²) in [6.45, 7) is 0. The third-order valence-corrected chi connectivity index (χ3v) is 3.68. The number of allylic oxidation sites excluding steroid dienone is 1. The van der Waals surface area contributed by atoms with E-state index in [1.807, 2.05) is 0 Å². The van der Waals surface area contributed by atoms with Crippen molar-refractivity contribution >= 4 is 17.7 Å². The molecule has 0 fully saturated rings. The molecule has 0 radical (unpaired) electrons. The van der Waals surface area contributed by atoms with E-state index in [1.165, 1.54) is 35.2 Å². The average molecular weight is 385 g/mol. The number of rotatable bonds is 5. The average Bonchev–Trinajstić information content (AvgIpc) is 2.68. The Morgan fingerprint density at radius 2 is 1.96 bits per heavy atom. The Kier molecular flexibility index (Phi) is 5.35. The molecule has 0 aliphatic rings. The minimum absolute atomic E-state index is 0.0611. The Morgan fingerprint density at radius 3 is 2.64 bits per heavy atom. The number of nitrogens with one attached hydrogen (secondary N) is 2. The Labute approximate surface area is 157 Å². The van der Waals surface area contributed by atoms with Crippen LogP contribution < -0.4 is 10.7 Å². The summed E-state index contributed by atoms with van der Waals surface area (Å²) in [5.74, 6) is 0.422. The van der Waals surface area contributed by atoms with E-state index >= 15 is 0 Å². The van der Waals surface area contributed by atoms with Crippen molar-refractivity contribution in [3.63, 3.8) is 0 Å². The summed E-state index contributed by atoms with van der Waals surface area (Å²) in [6, 6.07) is 10.9. The SMILES string of the molecule is N=C/C=C(\Nc1ccccn1)c1nn(-c2cccc(C(F)(F)F)c2)ccc1=O. The minimum Gasteiger partial charge on any atom is -0.338 e. The zero-order valence-electron chi connectivity index (χ0n) is 14.3. The van der Waals surface area contributed by atoms with E-state index in [-0.39, 0.29) is 17.1 Å². The molecular weight excluding hydrogens is 371 g/mol. The first-order valence-corrected chi connectivity index (χ1v) is 8.05. The van der Waals surface area contributed by atoms with Crippen LogP contribution in [0.3, 0.4) is 0 Å². The molecule has 3 rings (SSSR count). The van der Waals surface area contributed by atoms with Crippen LogP contribution in [0.15, 0.2) is 71.8 Å². The van der Waals surface area contributed by atoms with Gasteiger partial charge in [-0.05, 0) is 36.4 Å². The van der Waals surface area contributed by atoms with E-state index in [0.717, 1.165) is 18.3 Å². The lowest BCUT2D eigenvalue weighted by molar-refractivity contribution is -0.137. The highest BCUT2D eigenvalue weighted by molar-refractivity contribution is 5.86. The van der Waals surface area contributed by atoms with Crippen molar-refractivity contribution in [2.45, 2.75) is 6.18 Å². The van der Waals surface area contributed by atoms with Crippen molar-refractivity contribution in [1.29, 1.82) is 5.41 Å². The molecule has 2 heterocycles. The van der Waals surface area contributed by atoms with Gasteiger partial charge in [0.15, 0.2) is 5.69 Å². The number of benzene rings is 1. The van der Waals surface area contributed by atoms with Gasteiger partial charge in [-0.25, -0.2) is 9.67 Å². The second-order valence-corrected chi connectivity index (χ2v) is 5.61. The predicted octanol–water partition coefficient (Wildman–Crippen LogP) is 3.75. The number of aromatic nitrogens is 3. The molecule has 0 unspecified atom stereocenters. The molecule has 0 aliphatic carbocycles. The van der Waals surface area contributed by atoms with Gasteiger partial charge in [0, 0.05) is 24.7 Å². The van der Waals surface area contributed by atoms with Crippen molar-refractivity contribution in [1.82, 2.24) is 14.8 Å². The van der Waals surface area contributed by atoms with Crippen molar-refractivity contribution < 1.29 is 13.2 Å². The van der Waals surface area contributed by atoms with E-state index < -0.39 is 17.2 Å². The van der Waals surface area contributed by atoms with Gasteiger partial charge in [-0.1, -0.05) is 12.1 Å². The second kappa shape index (κ2) is 7.87. The largest absolute Gasteiger partial charge is 0.416 e. The molecule has 0 spiro atoms. The van der Waals surface area contributed by atoms with E-state index in [0.29, 0.717) is 5.82 Å². The van der Waals surface area contributed by atoms with Gasteiger partial charge in [0.05, 0.1) is 16.9 Å². The number of hydrogen-bond acceptors (Lipinski definition) is 5. The van der Waals surface area contributed by atoms with Crippen molar-refractivity contribution in [2.24, 2.45) is 0 Å². The standard InChI is InChI=1S/C19H14F3N5O/c20-19(21,22)13-4-3-5-14(12-13)27-11-8-16(28)18(26-27)15(7-9-23)25-17-6-1-2-10-24-17/h1-12,23H,(H,24,25)/b15-7-,23-9?. The Balaban J connectivity index is 2.04. The van der Waals surface area contributed by atoms with Crippen LogP contribution in [0.5, 0.6) is 0 Å². The monoisotopic (exact) mass is 385 g/mol. The molecule has 0 saturated carbocycles. The van der Waals surface area contributed by atoms with Gasteiger partial charge < -0.3 is 10.7 Å². The van der Waals surface area contributed by atoms with Gasteiger partial charge in [-0.3, -0.25) is 4.79 Å². The first kappa shape index (κ1) is 19.0. The molecule has 0 saturated heterocycles. The summed E-state index contributed by atoms with van der Waals surface area (Å²) >= 11 is 0. The predicted molar refractivity (Wildman–Crippen MR) is 99.5 cm³/mol. The summed E-state index contributed by atoms with van der Waals surface area (Å²) in [5, 5.41) is 14.4. The van der Waals surface area contributed by atoms with Gasteiger partial charge in [0.2, 0.25) is 5.43 Å². The van der Waals surface area contributed by atoms with Crippen LogP contribution >= 0.6 is 0 Å². The molecule has 0 amide bonds. The minimum atomic E-state index is -4.50. The summed E-state index contributed by atoms with van der Waals surface area (Å²) < 4.78 is 40.1. The van der Waals surface area contributed by atoms with Crippen LogP contribution in [0, 0.1) is 5.41 Å². The highest BCUT2D eigenvalue weighted by Gasteiger charge is 2.30. The van der Waals surface area contributed by atoms with Crippen molar-refractivity contribution in [3.8, 4) is 5.69 Å². The van der Waals surface area contributed by atoms with Crippen LogP contribution in [-0.2, 0) is 6.18 Å². The third-order valence-electron chi connectivity index (χ3n) is 3.68. The summed E-state index contributed by atoms with van der Waals surface area (Å²) in [5.41, 5.74) is -1.01. The van der Waals surface area contributed by atoms with Crippen molar-refractivity contribution in [3.05, 3.63) is 88.5 Å². The molecule has 0 atom stereocenters. The molecule has 0 bridgehead atoms. The first-order valence-electron chi connectivity index (χ1n) is 8.05. The fourth-order valence-electron chi connectivity index (χ4n) is 2.40. The highest BCUT2D eigenvalue weighted by Crippen LogP contribution is 2.30. The zero-order chi connectivity index (χ0) is 20.1. The number of nitrogens with zero attached hydrogens (tertiary/aromatic N) is 3. The lowest BCUT2D eigenvalue weighted by Crippen LogP contribution is -2.19. The van der Waals surface area contributed by atoms with Crippen LogP contribution in [0.2, 0.25) is 0 Å². The molecule has 142 valence electrons. The number of alkyl halides is 3. The van der Waals surface area contributed by atoms with Gasteiger partial charge in [-0.2, -0.15) is 18.3 Å². The Hall–Kier alpha value is -3.75. The lowest BCUT2D eigenvalue weighted by atomic mass is 10.2. The van der Waals surface area contributed by atoms with Crippen LogP contribution in [0.1, 0.15) is 11.3 Å².